The van der Waals surface area contributed by atoms with Gasteiger partial charge in [0.25, 0.3) is 0 Å². The molecule has 0 aliphatic rings. The Bertz CT molecular complexity index is 2350. The van der Waals surface area contributed by atoms with Gasteiger partial charge in [-0.25, -0.2) is 9.97 Å². The van der Waals surface area contributed by atoms with E-state index >= 15 is 0 Å². The molecule has 6 aromatic carbocycles. The first-order valence-electron chi connectivity index (χ1n) is 20.3. The van der Waals surface area contributed by atoms with Gasteiger partial charge in [-0.05, 0) is 89.0 Å². The van der Waals surface area contributed by atoms with E-state index < -0.39 is 0 Å². The van der Waals surface area contributed by atoms with Crippen LogP contribution in [0.1, 0.15) is 78.9 Å². The Labute approximate surface area is 341 Å². The zero-order valence-electron chi connectivity index (χ0n) is 35.1. The number of hydrogen-bond donors (Lipinski definition) is 0. The van der Waals surface area contributed by atoms with Crippen LogP contribution in [0.15, 0.2) is 164 Å². The van der Waals surface area contributed by atoms with E-state index in [9.17, 15) is 0 Å². The molecule has 0 N–H and O–H groups in total. The smallest absolute Gasteiger partial charge is 0.0973 e. The molecule has 7 rings (SSSR count). The Morgan fingerprint density at radius 3 is 1.28 bits per heavy atom. The third-order valence-electron chi connectivity index (χ3n) is 10.3. The van der Waals surface area contributed by atoms with Gasteiger partial charge >= 0.3 is 0 Å². The summed E-state index contributed by atoms with van der Waals surface area (Å²) in [7, 11) is 2.10. The van der Waals surface area contributed by atoms with Crippen molar-refractivity contribution in [3.63, 3.8) is 0 Å². The molecule has 0 aliphatic heterocycles. The number of hydrogen-bond acceptors (Lipinski definition) is 4. The van der Waals surface area contributed by atoms with Gasteiger partial charge in [0, 0.05) is 46.6 Å². The first-order valence-corrected chi connectivity index (χ1v) is 20.3. The molecule has 0 saturated heterocycles. The molecule has 7 aromatic rings. The number of unbranched alkanes of at least 4 members (excludes halogenated alkanes) is 2. The molecule has 0 aliphatic carbocycles. The lowest BCUT2D eigenvalue weighted by molar-refractivity contribution is 0.583. The predicted octanol–water partition coefficient (Wildman–Crippen LogP) is 15.2. The first-order chi connectivity index (χ1) is 27.4. The Kier molecular flexibility index (Phi) is 12.7. The molecular formula is C53H58N4. The monoisotopic (exact) mass is 750 g/mol. The molecule has 1 heterocycles. The summed E-state index contributed by atoms with van der Waals surface area (Å²) in [5.41, 5.74) is 13.5. The van der Waals surface area contributed by atoms with E-state index in [1.807, 2.05) is 12.1 Å². The van der Waals surface area contributed by atoms with E-state index in [0.717, 1.165) is 62.0 Å². The van der Waals surface area contributed by atoms with Gasteiger partial charge in [-0.1, -0.05) is 158 Å². The molecule has 0 bridgehead atoms. The van der Waals surface area contributed by atoms with Crippen molar-refractivity contribution in [2.45, 2.75) is 78.6 Å². The zero-order valence-corrected chi connectivity index (χ0v) is 35.1. The number of aromatic nitrogens is 2. The molecule has 0 atom stereocenters. The molecule has 0 fully saturated rings. The Balaban J connectivity index is 0.000000850. The fourth-order valence-corrected chi connectivity index (χ4v) is 7.11. The molecule has 0 radical (unpaired) electrons. The van der Waals surface area contributed by atoms with E-state index in [0.29, 0.717) is 0 Å². The summed E-state index contributed by atoms with van der Waals surface area (Å²) < 4.78 is 0. The van der Waals surface area contributed by atoms with Gasteiger partial charge in [0.2, 0.25) is 0 Å². The van der Waals surface area contributed by atoms with Crippen LogP contribution < -0.4 is 9.80 Å². The van der Waals surface area contributed by atoms with E-state index in [-0.39, 0.29) is 10.8 Å². The van der Waals surface area contributed by atoms with Crippen LogP contribution in [0, 0.1) is 0 Å². The average molecular weight is 751 g/mol. The SMILES string of the molecule is C=CCCCC.CN(c1ccccc1)c1ccc(N(c2ccccc2)c2ccc(-c3nc4c(C(C)(C)C)ccc(C(C)(C)C)c4nc3-c3ccccc3)cc2)cc1. The highest BCUT2D eigenvalue weighted by atomic mass is 15.1. The quantitative estimate of drug-likeness (QED) is 0.103. The lowest BCUT2D eigenvalue weighted by Gasteiger charge is -2.27. The van der Waals surface area contributed by atoms with Crippen molar-refractivity contribution in [1.82, 2.24) is 9.97 Å². The topological polar surface area (TPSA) is 32.3 Å². The van der Waals surface area contributed by atoms with Gasteiger partial charge in [-0.15, -0.1) is 6.58 Å². The number of nitrogens with zero attached hydrogens (tertiary/aromatic N) is 4. The second kappa shape index (κ2) is 17.9. The minimum Gasteiger partial charge on any atom is -0.345 e. The summed E-state index contributed by atoms with van der Waals surface area (Å²) >= 11 is 0. The van der Waals surface area contributed by atoms with E-state index in [1.54, 1.807) is 0 Å². The maximum atomic E-state index is 5.52. The van der Waals surface area contributed by atoms with Crippen LogP contribution in [0.5, 0.6) is 0 Å². The van der Waals surface area contributed by atoms with E-state index in [4.69, 9.17) is 9.97 Å². The highest BCUT2D eigenvalue weighted by Crippen LogP contribution is 2.41. The Morgan fingerprint density at radius 1 is 0.491 bits per heavy atom. The molecule has 290 valence electrons. The predicted molar refractivity (Wildman–Crippen MR) is 247 cm³/mol. The van der Waals surface area contributed by atoms with Crippen molar-refractivity contribution >= 4 is 39.5 Å². The van der Waals surface area contributed by atoms with Crippen LogP contribution in [-0.2, 0) is 10.8 Å². The fraction of sp³-hybridized carbons (Fsp3) is 0.245. The van der Waals surface area contributed by atoms with Gasteiger partial charge in [-0.3, -0.25) is 0 Å². The van der Waals surface area contributed by atoms with Crippen LogP contribution in [0.25, 0.3) is 33.5 Å². The molecule has 4 heteroatoms. The maximum absolute atomic E-state index is 5.52. The highest BCUT2D eigenvalue weighted by Gasteiger charge is 2.27. The largest absolute Gasteiger partial charge is 0.345 e. The van der Waals surface area contributed by atoms with E-state index in [2.05, 4.69) is 217 Å². The standard InChI is InChI=1S/C47H46N4.C6H12/c1-46(2,3)40-31-32-41(47(4,5)6)45-44(40)48-42(33-17-11-8-12-18-33)43(49-45)34-23-25-38(26-24-34)51(37-21-15-10-16-22-37)39-29-27-36(28-30-39)50(7)35-19-13-9-14-20-35;1-3-5-6-4-2/h8-32H,1-7H3;3H,1,4-6H2,2H3. The van der Waals surface area contributed by atoms with E-state index in [1.165, 1.54) is 30.4 Å². The van der Waals surface area contributed by atoms with Crippen LogP contribution >= 0.6 is 0 Å². The third kappa shape index (κ3) is 9.52. The number of allylic oxidation sites excluding steroid dienone is 1. The third-order valence-corrected chi connectivity index (χ3v) is 10.3. The number of anilines is 5. The van der Waals surface area contributed by atoms with Crippen molar-refractivity contribution in [3.8, 4) is 22.5 Å². The first kappa shape index (κ1) is 40.7. The summed E-state index contributed by atoms with van der Waals surface area (Å²) in [5, 5.41) is 0. The normalized spacial score (nSPS) is 11.4. The molecule has 4 nitrogen and oxygen atoms in total. The molecule has 0 spiro atoms. The molecular weight excluding hydrogens is 693 g/mol. The zero-order chi connectivity index (χ0) is 40.6. The van der Waals surface area contributed by atoms with Gasteiger partial charge in [0.05, 0.1) is 22.4 Å². The molecule has 0 unspecified atom stereocenters. The second-order valence-electron chi connectivity index (χ2n) is 16.7. The van der Waals surface area contributed by atoms with Crippen molar-refractivity contribution < 1.29 is 0 Å². The summed E-state index contributed by atoms with van der Waals surface area (Å²) in [6, 6.07) is 53.5. The van der Waals surface area contributed by atoms with Crippen LogP contribution in [-0.4, -0.2) is 17.0 Å². The number of rotatable bonds is 10. The lowest BCUT2D eigenvalue weighted by atomic mass is 9.80. The number of benzene rings is 6. The minimum atomic E-state index is -0.0969. The van der Waals surface area contributed by atoms with Crippen molar-refractivity contribution in [1.29, 1.82) is 0 Å². The number of para-hydroxylation sites is 2. The average Bonchev–Trinajstić information content (AvgIpc) is 3.23. The Hall–Kier alpha value is -6.00. The van der Waals surface area contributed by atoms with Gasteiger partial charge in [0.15, 0.2) is 0 Å². The van der Waals surface area contributed by atoms with Gasteiger partial charge < -0.3 is 9.80 Å². The summed E-state index contributed by atoms with van der Waals surface area (Å²) in [6.45, 7) is 19.3. The van der Waals surface area contributed by atoms with Crippen LogP contribution in [0.2, 0.25) is 0 Å². The van der Waals surface area contributed by atoms with Crippen molar-refractivity contribution in [2.24, 2.45) is 0 Å². The maximum Gasteiger partial charge on any atom is 0.0973 e. The molecule has 1 aromatic heterocycles. The molecule has 0 saturated carbocycles. The Morgan fingerprint density at radius 2 is 0.860 bits per heavy atom. The van der Waals surface area contributed by atoms with Crippen LogP contribution in [0.4, 0.5) is 28.4 Å². The van der Waals surface area contributed by atoms with Crippen molar-refractivity contribution in [3.05, 3.63) is 175 Å². The van der Waals surface area contributed by atoms with Gasteiger partial charge in [-0.2, -0.15) is 0 Å². The van der Waals surface area contributed by atoms with Crippen LogP contribution in [0.3, 0.4) is 0 Å². The van der Waals surface area contributed by atoms with Gasteiger partial charge in [0.1, 0.15) is 0 Å². The summed E-state index contributed by atoms with van der Waals surface area (Å²) in [5.74, 6) is 0. The molecule has 57 heavy (non-hydrogen) atoms. The summed E-state index contributed by atoms with van der Waals surface area (Å²) in [6.07, 6.45) is 5.72. The fourth-order valence-electron chi connectivity index (χ4n) is 7.11. The lowest BCUT2D eigenvalue weighted by Crippen LogP contribution is -2.17. The minimum absolute atomic E-state index is 0.0868. The highest BCUT2D eigenvalue weighted by molar-refractivity contribution is 5.91. The number of fused-ring (bicyclic) bond motifs is 1. The molecule has 0 amide bonds. The second-order valence-corrected chi connectivity index (χ2v) is 16.7. The summed E-state index contributed by atoms with van der Waals surface area (Å²) in [4.78, 5) is 15.5. The van der Waals surface area contributed by atoms with Crippen molar-refractivity contribution in [2.75, 3.05) is 16.8 Å².